The lowest BCUT2D eigenvalue weighted by Gasteiger charge is -2.28. The summed E-state index contributed by atoms with van der Waals surface area (Å²) in [5, 5.41) is 10.6. The summed E-state index contributed by atoms with van der Waals surface area (Å²) in [6.07, 6.45) is 6.69. The molecule has 0 aliphatic heterocycles. The first-order chi connectivity index (χ1) is 12.0. The second-order valence-electron chi connectivity index (χ2n) is 6.92. The third-order valence-electron chi connectivity index (χ3n) is 4.55. The van der Waals surface area contributed by atoms with Crippen LogP contribution >= 0.6 is 11.6 Å². The molecule has 130 valence electrons. The molecule has 1 atom stereocenters. The molecular weight excluding hydrogens is 330 g/mol. The fourth-order valence-corrected chi connectivity index (χ4v) is 3.53. The number of aromatic hydroxyl groups is 1. The van der Waals surface area contributed by atoms with Gasteiger partial charge in [0.05, 0.1) is 0 Å². The highest BCUT2D eigenvalue weighted by Gasteiger charge is 2.22. The fraction of sp³-hybridized carbons (Fsp3) is 0.273. The third-order valence-corrected chi connectivity index (χ3v) is 4.80. The SMILES string of the molecule is CN(C)CC1CC/C(=C\c2ccc(Cl)cc2)C=C1c1cccc(O)c1. The van der Waals surface area contributed by atoms with E-state index in [4.69, 9.17) is 11.6 Å². The van der Waals surface area contributed by atoms with Crippen molar-refractivity contribution >= 4 is 23.3 Å². The zero-order chi connectivity index (χ0) is 17.8. The van der Waals surface area contributed by atoms with Gasteiger partial charge >= 0.3 is 0 Å². The lowest BCUT2D eigenvalue weighted by Crippen LogP contribution is -2.24. The molecule has 1 aliphatic rings. The van der Waals surface area contributed by atoms with Crippen LogP contribution in [0.1, 0.15) is 24.0 Å². The zero-order valence-electron chi connectivity index (χ0n) is 14.7. The summed E-state index contributed by atoms with van der Waals surface area (Å²) in [5.41, 5.74) is 4.89. The largest absolute Gasteiger partial charge is 0.508 e. The molecular formula is C22H24ClNO. The maximum Gasteiger partial charge on any atom is 0.116 e. The first-order valence-corrected chi connectivity index (χ1v) is 9.01. The van der Waals surface area contributed by atoms with Crippen molar-refractivity contribution in [2.75, 3.05) is 20.6 Å². The number of benzene rings is 2. The zero-order valence-corrected chi connectivity index (χ0v) is 15.5. The van der Waals surface area contributed by atoms with E-state index in [1.54, 1.807) is 6.07 Å². The lowest BCUT2D eigenvalue weighted by atomic mass is 9.81. The summed E-state index contributed by atoms with van der Waals surface area (Å²) in [6, 6.07) is 15.5. The summed E-state index contributed by atoms with van der Waals surface area (Å²) in [4.78, 5) is 2.23. The Morgan fingerprint density at radius 1 is 1.16 bits per heavy atom. The maximum atomic E-state index is 9.87. The van der Waals surface area contributed by atoms with Crippen LogP contribution in [0.5, 0.6) is 5.75 Å². The highest BCUT2D eigenvalue weighted by molar-refractivity contribution is 6.30. The number of hydrogen-bond donors (Lipinski definition) is 1. The van der Waals surface area contributed by atoms with Crippen LogP contribution in [0, 0.1) is 5.92 Å². The minimum absolute atomic E-state index is 0.316. The van der Waals surface area contributed by atoms with Crippen molar-refractivity contribution in [3.63, 3.8) is 0 Å². The molecule has 0 fully saturated rings. The van der Waals surface area contributed by atoms with E-state index in [0.717, 1.165) is 35.5 Å². The van der Waals surface area contributed by atoms with Gasteiger partial charge < -0.3 is 10.0 Å². The van der Waals surface area contributed by atoms with E-state index in [1.807, 2.05) is 36.4 Å². The molecule has 2 aromatic rings. The predicted octanol–water partition coefficient (Wildman–Crippen LogP) is 5.48. The van der Waals surface area contributed by atoms with Crippen molar-refractivity contribution in [3.05, 3.63) is 76.3 Å². The van der Waals surface area contributed by atoms with Crippen LogP contribution in [-0.2, 0) is 0 Å². The highest BCUT2D eigenvalue weighted by atomic mass is 35.5. The second kappa shape index (κ2) is 7.90. The molecule has 0 saturated carbocycles. The van der Waals surface area contributed by atoms with E-state index >= 15 is 0 Å². The van der Waals surface area contributed by atoms with Crippen LogP contribution in [0.4, 0.5) is 0 Å². The van der Waals surface area contributed by atoms with Crippen LogP contribution in [0.15, 0.2) is 60.2 Å². The molecule has 1 aliphatic carbocycles. The Morgan fingerprint density at radius 2 is 1.92 bits per heavy atom. The number of rotatable bonds is 4. The van der Waals surface area contributed by atoms with Crippen LogP contribution in [0.25, 0.3) is 11.6 Å². The van der Waals surface area contributed by atoms with E-state index < -0.39 is 0 Å². The molecule has 2 aromatic carbocycles. The number of allylic oxidation sites excluding steroid dienone is 2. The average Bonchev–Trinajstić information content (AvgIpc) is 2.58. The standard InChI is InChI=1S/C22H24ClNO/c1-24(2)15-19-9-6-17(12-16-7-10-20(23)11-8-16)13-22(19)18-4-3-5-21(25)14-18/h3-5,7-8,10-14,19,25H,6,9,15H2,1-2H3/b17-12+. The Labute approximate surface area is 155 Å². The lowest BCUT2D eigenvalue weighted by molar-refractivity contribution is 0.352. The second-order valence-corrected chi connectivity index (χ2v) is 7.36. The Morgan fingerprint density at radius 3 is 2.60 bits per heavy atom. The molecule has 0 aromatic heterocycles. The monoisotopic (exact) mass is 353 g/mol. The van der Waals surface area contributed by atoms with Crippen LogP contribution in [0.2, 0.25) is 5.02 Å². The van der Waals surface area contributed by atoms with Crippen molar-refractivity contribution in [2.24, 2.45) is 5.92 Å². The number of hydrogen-bond acceptors (Lipinski definition) is 2. The smallest absolute Gasteiger partial charge is 0.116 e. The maximum absolute atomic E-state index is 9.87. The molecule has 1 unspecified atom stereocenters. The molecule has 1 N–H and O–H groups in total. The Bertz CT molecular complexity index is 790. The Kier molecular flexibility index (Phi) is 5.62. The van der Waals surface area contributed by atoms with Crippen LogP contribution < -0.4 is 0 Å². The summed E-state index contributed by atoms with van der Waals surface area (Å²) < 4.78 is 0. The van der Waals surface area contributed by atoms with Gasteiger partial charge in [-0.1, -0.05) is 48.0 Å². The number of nitrogens with zero attached hydrogens (tertiary/aromatic N) is 1. The fourth-order valence-electron chi connectivity index (χ4n) is 3.41. The van der Waals surface area contributed by atoms with Gasteiger partial charge in [0.15, 0.2) is 0 Å². The molecule has 0 spiro atoms. The summed E-state index contributed by atoms with van der Waals surface area (Å²) >= 11 is 5.98. The number of phenols is 1. The molecule has 0 heterocycles. The number of halogens is 1. The molecule has 3 rings (SSSR count). The van der Waals surface area contributed by atoms with Crippen molar-refractivity contribution in [2.45, 2.75) is 12.8 Å². The van der Waals surface area contributed by atoms with E-state index in [0.29, 0.717) is 11.7 Å². The predicted molar refractivity (Wildman–Crippen MR) is 107 cm³/mol. The van der Waals surface area contributed by atoms with E-state index in [1.165, 1.54) is 11.1 Å². The van der Waals surface area contributed by atoms with Crippen LogP contribution in [-0.4, -0.2) is 30.6 Å². The van der Waals surface area contributed by atoms with Gasteiger partial charge in [-0.05, 0) is 79.4 Å². The molecule has 0 saturated heterocycles. The summed E-state index contributed by atoms with van der Waals surface area (Å²) in [5.74, 6) is 0.787. The van der Waals surface area contributed by atoms with Gasteiger partial charge in [0, 0.05) is 11.6 Å². The Hall–Kier alpha value is -2.03. The molecule has 3 heteroatoms. The minimum atomic E-state index is 0.316. The number of phenolic OH excluding ortho intramolecular Hbond substituents is 1. The van der Waals surface area contributed by atoms with Crippen molar-refractivity contribution < 1.29 is 5.11 Å². The van der Waals surface area contributed by atoms with Crippen molar-refractivity contribution in [1.82, 2.24) is 4.90 Å². The molecule has 25 heavy (non-hydrogen) atoms. The van der Waals surface area contributed by atoms with Gasteiger partial charge in [-0.15, -0.1) is 0 Å². The van der Waals surface area contributed by atoms with E-state index in [9.17, 15) is 5.11 Å². The summed E-state index contributed by atoms with van der Waals surface area (Å²) in [7, 11) is 4.22. The molecule has 0 bridgehead atoms. The van der Waals surface area contributed by atoms with Gasteiger partial charge in [0.25, 0.3) is 0 Å². The average molecular weight is 354 g/mol. The van der Waals surface area contributed by atoms with Gasteiger partial charge in [0.1, 0.15) is 5.75 Å². The summed E-state index contributed by atoms with van der Waals surface area (Å²) in [6.45, 7) is 1.01. The van der Waals surface area contributed by atoms with Crippen molar-refractivity contribution in [1.29, 1.82) is 0 Å². The normalized spacial score (nSPS) is 19.3. The molecule has 0 amide bonds. The minimum Gasteiger partial charge on any atom is -0.508 e. The molecule has 2 nitrogen and oxygen atoms in total. The van der Waals surface area contributed by atoms with Gasteiger partial charge in [-0.2, -0.15) is 0 Å². The highest BCUT2D eigenvalue weighted by Crippen LogP contribution is 2.36. The van der Waals surface area contributed by atoms with Crippen molar-refractivity contribution in [3.8, 4) is 5.75 Å². The Balaban J connectivity index is 1.97. The first kappa shape index (κ1) is 17.8. The quantitative estimate of drug-likeness (QED) is 0.786. The van der Waals surface area contributed by atoms with Gasteiger partial charge in [-0.25, -0.2) is 0 Å². The third kappa shape index (κ3) is 4.75. The van der Waals surface area contributed by atoms with E-state index in [-0.39, 0.29) is 0 Å². The van der Waals surface area contributed by atoms with Gasteiger partial charge in [0.2, 0.25) is 0 Å². The topological polar surface area (TPSA) is 23.5 Å². The van der Waals surface area contributed by atoms with Gasteiger partial charge in [-0.3, -0.25) is 0 Å². The molecule has 0 radical (unpaired) electrons. The first-order valence-electron chi connectivity index (χ1n) is 8.63. The van der Waals surface area contributed by atoms with E-state index in [2.05, 4.69) is 37.2 Å². The van der Waals surface area contributed by atoms with Crippen LogP contribution in [0.3, 0.4) is 0 Å².